The lowest BCUT2D eigenvalue weighted by Crippen LogP contribution is -2.25. The van der Waals surface area contributed by atoms with Gasteiger partial charge in [0.1, 0.15) is 11.2 Å². The molecule has 3 aromatic heterocycles. The number of nitrogens with one attached hydrogen (secondary N) is 1. The quantitative estimate of drug-likeness (QED) is 0.422. The molecule has 0 amide bonds. The molecular weight excluding hydrogens is 396 g/mol. The topological polar surface area (TPSA) is 74.2 Å². The lowest BCUT2D eigenvalue weighted by atomic mass is 9.88. The van der Waals surface area contributed by atoms with Gasteiger partial charge in [-0.05, 0) is 61.6 Å². The van der Waals surface area contributed by atoms with Gasteiger partial charge in [-0.15, -0.1) is 0 Å². The van der Waals surface area contributed by atoms with Crippen molar-refractivity contribution in [1.29, 1.82) is 0 Å². The summed E-state index contributed by atoms with van der Waals surface area (Å²) in [5.41, 5.74) is 6.25. The minimum absolute atomic E-state index is 0.254. The number of pyridine rings is 2. The highest BCUT2D eigenvalue weighted by atomic mass is 16.3. The van der Waals surface area contributed by atoms with Crippen LogP contribution in [0.5, 0.6) is 0 Å². The van der Waals surface area contributed by atoms with Crippen LogP contribution in [-0.4, -0.2) is 25.8 Å². The monoisotopic (exact) mass is 422 g/mol. The van der Waals surface area contributed by atoms with Gasteiger partial charge >= 0.3 is 0 Å². The van der Waals surface area contributed by atoms with E-state index in [9.17, 15) is 5.11 Å². The van der Waals surface area contributed by atoms with Gasteiger partial charge in [0.2, 0.25) is 0 Å². The highest BCUT2D eigenvalue weighted by molar-refractivity contribution is 6.10. The molecule has 3 heterocycles. The Hall–Kier alpha value is -3.57. The number of rotatable bonds is 4. The molecule has 2 N–H and O–H groups in total. The summed E-state index contributed by atoms with van der Waals surface area (Å²) in [6.07, 6.45) is 8.11. The number of aromatic nitrogens is 3. The summed E-state index contributed by atoms with van der Waals surface area (Å²) in [5, 5.41) is 12.7. The first kappa shape index (κ1) is 20.3. The Balaban J connectivity index is 1.53. The average molecular weight is 423 g/mol. The van der Waals surface area contributed by atoms with E-state index in [4.69, 9.17) is 4.99 Å². The van der Waals surface area contributed by atoms with Crippen LogP contribution in [0.1, 0.15) is 61.1 Å². The maximum Gasteiger partial charge on any atom is 0.137 e. The van der Waals surface area contributed by atoms with Crippen molar-refractivity contribution in [3.63, 3.8) is 0 Å². The molecule has 160 valence electrons. The third-order valence-electron chi connectivity index (χ3n) is 6.40. The number of hydrogen-bond donors (Lipinski definition) is 2. The first-order chi connectivity index (χ1) is 15.5. The lowest BCUT2D eigenvalue weighted by Gasteiger charge is -2.24. The van der Waals surface area contributed by atoms with Gasteiger partial charge in [0.25, 0.3) is 0 Å². The molecule has 1 aromatic carbocycles. The Morgan fingerprint density at radius 2 is 1.97 bits per heavy atom. The number of aromatic amines is 1. The van der Waals surface area contributed by atoms with Crippen LogP contribution < -0.4 is 0 Å². The predicted octanol–water partition coefficient (Wildman–Crippen LogP) is 5.57. The summed E-state index contributed by atoms with van der Waals surface area (Å²) >= 11 is 0. The Bertz CT molecular complexity index is 1370. The molecule has 1 aliphatic carbocycles. The Morgan fingerprint density at radius 3 is 2.81 bits per heavy atom. The number of fused-ring (bicyclic) bond motifs is 2. The Labute approximate surface area is 187 Å². The fraction of sp³-hybridized carbons (Fsp3) is 0.222. The maximum absolute atomic E-state index is 11.7. The molecule has 0 bridgehead atoms. The van der Waals surface area contributed by atoms with Crippen molar-refractivity contribution < 1.29 is 5.11 Å². The molecule has 0 aliphatic heterocycles. The summed E-state index contributed by atoms with van der Waals surface area (Å²) < 4.78 is 0. The van der Waals surface area contributed by atoms with E-state index in [1.165, 1.54) is 0 Å². The smallest absolute Gasteiger partial charge is 0.137 e. The van der Waals surface area contributed by atoms with E-state index in [-0.39, 0.29) is 5.92 Å². The van der Waals surface area contributed by atoms with Crippen LogP contribution in [0, 0.1) is 0 Å². The molecule has 1 aliphatic rings. The third kappa shape index (κ3) is 3.26. The first-order valence-corrected chi connectivity index (χ1v) is 10.9. The van der Waals surface area contributed by atoms with Crippen molar-refractivity contribution in [2.45, 2.75) is 38.7 Å². The van der Waals surface area contributed by atoms with E-state index >= 15 is 0 Å². The zero-order valence-corrected chi connectivity index (χ0v) is 18.5. The molecule has 0 saturated carbocycles. The van der Waals surface area contributed by atoms with Crippen molar-refractivity contribution >= 4 is 22.4 Å². The van der Waals surface area contributed by atoms with E-state index in [1.807, 2.05) is 68.6 Å². The number of aliphatic hydroxyl groups is 1. The second-order valence-electron chi connectivity index (χ2n) is 8.46. The third-order valence-corrected chi connectivity index (χ3v) is 6.40. The zero-order chi connectivity index (χ0) is 22.3. The molecule has 0 radical (unpaired) electrons. The number of nitrogens with zero attached hydrogens (tertiary/aromatic N) is 3. The molecule has 4 aromatic rings. The summed E-state index contributed by atoms with van der Waals surface area (Å²) in [6.45, 7) is 6.14. The summed E-state index contributed by atoms with van der Waals surface area (Å²) in [6, 6.07) is 16.0. The van der Waals surface area contributed by atoms with Gasteiger partial charge in [-0.3, -0.25) is 9.98 Å². The Kier molecular flexibility index (Phi) is 4.98. The molecule has 0 saturated heterocycles. The SMILES string of the molecule is C/C=C(\N=C(/C)c1c[nH]c2ncccc12)c1cccc(C2(O)CC(C)c3cccnc32)c1. The molecule has 32 heavy (non-hydrogen) atoms. The van der Waals surface area contributed by atoms with E-state index in [1.54, 1.807) is 12.4 Å². The second kappa shape index (κ2) is 7.84. The van der Waals surface area contributed by atoms with Crippen molar-refractivity contribution in [2.24, 2.45) is 4.99 Å². The van der Waals surface area contributed by atoms with Gasteiger partial charge in [-0.1, -0.05) is 37.3 Å². The van der Waals surface area contributed by atoms with Crippen LogP contribution in [0.4, 0.5) is 0 Å². The molecule has 5 nitrogen and oxygen atoms in total. The van der Waals surface area contributed by atoms with Crippen molar-refractivity contribution in [1.82, 2.24) is 15.0 Å². The fourth-order valence-corrected chi connectivity index (χ4v) is 4.79. The van der Waals surface area contributed by atoms with E-state index in [0.717, 1.165) is 50.4 Å². The predicted molar refractivity (Wildman–Crippen MR) is 129 cm³/mol. The minimum Gasteiger partial charge on any atom is -0.379 e. The number of H-pyrrole nitrogens is 1. The molecular formula is C27H26N4O. The van der Waals surface area contributed by atoms with E-state index in [2.05, 4.69) is 27.9 Å². The van der Waals surface area contributed by atoms with Gasteiger partial charge < -0.3 is 10.1 Å². The number of aliphatic imine (C=N–C) groups is 1. The number of benzene rings is 1. The molecule has 5 heteroatoms. The second-order valence-corrected chi connectivity index (χ2v) is 8.46. The first-order valence-electron chi connectivity index (χ1n) is 10.9. The summed E-state index contributed by atoms with van der Waals surface area (Å²) in [4.78, 5) is 17.1. The fourth-order valence-electron chi connectivity index (χ4n) is 4.79. The van der Waals surface area contributed by atoms with Gasteiger partial charge in [-0.2, -0.15) is 0 Å². The van der Waals surface area contributed by atoms with Crippen molar-refractivity contribution in [3.05, 3.63) is 101 Å². The van der Waals surface area contributed by atoms with Crippen LogP contribution in [0.2, 0.25) is 0 Å². The van der Waals surface area contributed by atoms with Crippen LogP contribution in [-0.2, 0) is 5.60 Å². The lowest BCUT2D eigenvalue weighted by molar-refractivity contribution is 0.0744. The summed E-state index contributed by atoms with van der Waals surface area (Å²) in [7, 11) is 0. The summed E-state index contributed by atoms with van der Waals surface area (Å²) in [5.74, 6) is 0.254. The van der Waals surface area contributed by atoms with Gasteiger partial charge in [0.05, 0.1) is 11.4 Å². The van der Waals surface area contributed by atoms with Crippen molar-refractivity contribution in [2.75, 3.05) is 0 Å². The number of allylic oxidation sites excluding steroid dienone is 1. The minimum atomic E-state index is -1.09. The van der Waals surface area contributed by atoms with Gasteiger partial charge in [0, 0.05) is 40.8 Å². The van der Waals surface area contributed by atoms with Gasteiger partial charge in [-0.25, -0.2) is 4.98 Å². The molecule has 5 rings (SSSR count). The Morgan fingerprint density at radius 1 is 1.16 bits per heavy atom. The van der Waals surface area contributed by atoms with E-state index < -0.39 is 5.60 Å². The molecule has 2 unspecified atom stereocenters. The number of hydrogen-bond acceptors (Lipinski definition) is 4. The van der Waals surface area contributed by atoms with Crippen LogP contribution >= 0.6 is 0 Å². The van der Waals surface area contributed by atoms with Crippen molar-refractivity contribution in [3.8, 4) is 0 Å². The maximum atomic E-state index is 11.7. The molecule has 0 fully saturated rings. The standard InChI is InChI=1S/C27H26N4O/c1-4-24(31-18(3)23-16-30-26-22(23)11-7-13-29-26)19-8-5-9-20(14-19)27(32)15-17(2)21-10-6-12-28-25(21)27/h4-14,16-17,32H,15H2,1-3H3,(H,29,30)/b24-4-,31-18+. The average Bonchev–Trinajstić information content (AvgIpc) is 3.37. The highest BCUT2D eigenvalue weighted by Gasteiger charge is 2.43. The van der Waals surface area contributed by atoms with Crippen LogP contribution in [0.25, 0.3) is 16.7 Å². The van der Waals surface area contributed by atoms with Crippen LogP contribution in [0.3, 0.4) is 0 Å². The molecule has 0 spiro atoms. The largest absolute Gasteiger partial charge is 0.379 e. The normalized spacial score (nSPS) is 21.2. The highest BCUT2D eigenvalue weighted by Crippen LogP contribution is 2.47. The zero-order valence-electron chi connectivity index (χ0n) is 18.5. The molecule has 2 atom stereocenters. The van der Waals surface area contributed by atoms with Gasteiger partial charge in [0.15, 0.2) is 0 Å². The van der Waals surface area contributed by atoms with Crippen LogP contribution in [0.15, 0.2) is 78.2 Å². The van der Waals surface area contributed by atoms with E-state index in [0.29, 0.717) is 6.42 Å².